The van der Waals surface area contributed by atoms with Gasteiger partial charge in [-0.05, 0) is 18.6 Å². The topological polar surface area (TPSA) is 80.4 Å². The minimum absolute atomic E-state index is 0.0402. The smallest absolute Gasteiger partial charge is 0.106 e. The Labute approximate surface area is 110 Å². The van der Waals surface area contributed by atoms with E-state index in [4.69, 9.17) is 15.6 Å². The molecule has 0 saturated carbocycles. The highest BCUT2D eigenvalue weighted by atomic mass is 32.1. The first-order chi connectivity index (χ1) is 8.76. The Morgan fingerprint density at radius 1 is 1.56 bits per heavy atom. The lowest BCUT2D eigenvalue weighted by Gasteiger charge is -2.19. The Morgan fingerprint density at radius 2 is 2.39 bits per heavy atom. The van der Waals surface area contributed by atoms with Crippen LogP contribution in [0, 0.1) is 0 Å². The average molecular weight is 267 g/mol. The summed E-state index contributed by atoms with van der Waals surface area (Å²) in [5.74, 6) is 0. The molecule has 0 fully saturated rings. The van der Waals surface area contributed by atoms with Crippen LogP contribution in [0.3, 0.4) is 0 Å². The second-order valence-corrected chi connectivity index (χ2v) is 4.92. The molecule has 0 aliphatic heterocycles. The van der Waals surface area contributed by atoms with E-state index >= 15 is 0 Å². The molecule has 6 heteroatoms. The van der Waals surface area contributed by atoms with E-state index in [1.807, 2.05) is 12.1 Å². The number of hydrogen-bond donors (Lipinski definition) is 3. The first-order valence-corrected chi connectivity index (χ1v) is 6.62. The monoisotopic (exact) mass is 267 g/mol. The van der Waals surface area contributed by atoms with E-state index in [-0.39, 0.29) is 12.6 Å². The van der Waals surface area contributed by atoms with Crippen LogP contribution in [0.1, 0.15) is 6.42 Å². The van der Waals surface area contributed by atoms with Gasteiger partial charge in [0, 0.05) is 13.7 Å². The largest absolute Gasteiger partial charge is 0.396 e. The molecular weight excluding hydrogens is 250 g/mol. The molecule has 1 aromatic carbocycles. The minimum atomic E-state index is 0.0402. The molecule has 2 aromatic rings. The van der Waals surface area contributed by atoms with Gasteiger partial charge in [-0.2, -0.15) is 0 Å². The summed E-state index contributed by atoms with van der Waals surface area (Å²) in [7, 11) is 1.64. The fraction of sp³-hybridized carbons (Fsp3) is 0.417. The quantitative estimate of drug-likeness (QED) is 0.694. The van der Waals surface area contributed by atoms with Gasteiger partial charge in [0.1, 0.15) is 5.52 Å². The van der Waals surface area contributed by atoms with E-state index < -0.39 is 0 Å². The van der Waals surface area contributed by atoms with Crippen LogP contribution >= 0.6 is 11.3 Å². The fourth-order valence-electron chi connectivity index (χ4n) is 1.85. The number of nitrogens with one attached hydrogen (secondary N) is 1. The Hall–Kier alpha value is -1.37. The molecule has 4 N–H and O–H groups in total. The normalized spacial score (nSPS) is 12.8. The summed E-state index contributed by atoms with van der Waals surface area (Å²) >= 11 is 1.57. The summed E-state index contributed by atoms with van der Waals surface area (Å²) in [4.78, 5) is 4.25. The van der Waals surface area contributed by atoms with Crippen LogP contribution in [0.4, 0.5) is 11.4 Å². The number of rotatable bonds is 6. The molecule has 1 atom stereocenters. The molecule has 0 spiro atoms. The van der Waals surface area contributed by atoms with Crippen LogP contribution in [0.25, 0.3) is 10.2 Å². The van der Waals surface area contributed by atoms with Gasteiger partial charge in [0.15, 0.2) is 0 Å². The average Bonchev–Trinajstić information content (AvgIpc) is 2.82. The van der Waals surface area contributed by atoms with Gasteiger partial charge in [-0.1, -0.05) is 0 Å². The maximum absolute atomic E-state index is 9.01. The molecule has 5 nitrogen and oxygen atoms in total. The summed E-state index contributed by atoms with van der Waals surface area (Å²) in [6.45, 7) is 0.634. The van der Waals surface area contributed by atoms with Crippen LogP contribution in [-0.4, -0.2) is 36.5 Å². The number of fused-ring (bicyclic) bond motifs is 1. The van der Waals surface area contributed by atoms with Crippen LogP contribution in [0.2, 0.25) is 0 Å². The molecule has 1 unspecified atom stereocenters. The van der Waals surface area contributed by atoms with Crippen LogP contribution in [0.15, 0.2) is 17.6 Å². The first-order valence-electron chi connectivity index (χ1n) is 5.74. The number of nitrogens with two attached hydrogens (primary N) is 1. The van der Waals surface area contributed by atoms with Crippen LogP contribution in [0.5, 0.6) is 0 Å². The zero-order chi connectivity index (χ0) is 13.0. The molecule has 1 heterocycles. The van der Waals surface area contributed by atoms with Gasteiger partial charge in [0.25, 0.3) is 0 Å². The molecule has 0 radical (unpaired) electrons. The zero-order valence-electron chi connectivity index (χ0n) is 10.2. The number of hydrogen-bond acceptors (Lipinski definition) is 6. The maximum Gasteiger partial charge on any atom is 0.106 e. The van der Waals surface area contributed by atoms with Crippen LogP contribution in [-0.2, 0) is 4.74 Å². The van der Waals surface area contributed by atoms with Gasteiger partial charge in [0.05, 0.1) is 34.2 Å². The van der Waals surface area contributed by atoms with Crippen molar-refractivity contribution in [3.8, 4) is 0 Å². The fourth-order valence-corrected chi connectivity index (χ4v) is 2.54. The van der Waals surface area contributed by atoms with E-state index in [2.05, 4.69) is 10.3 Å². The Bertz CT molecular complexity index is 509. The summed E-state index contributed by atoms with van der Waals surface area (Å²) in [5, 5.41) is 12.3. The molecule has 0 aliphatic rings. The number of aliphatic hydroxyl groups excluding tert-OH is 1. The predicted octanol–water partition coefficient (Wildman–Crippen LogP) is 1.69. The van der Waals surface area contributed by atoms with Gasteiger partial charge in [0.2, 0.25) is 0 Å². The molecule has 98 valence electrons. The van der Waals surface area contributed by atoms with Crippen molar-refractivity contribution in [2.45, 2.75) is 12.5 Å². The van der Waals surface area contributed by atoms with E-state index in [1.165, 1.54) is 0 Å². The number of thiazole rings is 1. The van der Waals surface area contributed by atoms with Gasteiger partial charge in [-0.15, -0.1) is 11.3 Å². The van der Waals surface area contributed by atoms with E-state index in [0.717, 1.165) is 15.9 Å². The highest BCUT2D eigenvalue weighted by Gasteiger charge is 2.12. The van der Waals surface area contributed by atoms with Gasteiger partial charge in [-0.25, -0.2) is 4.98 Å². The SMILES string of the molecule is COCC(CCO)Nc1ccc2scnc2c1N. The summed E-state index contributed by atoms with van der Waals surface area (Å²) < 4.78 is 6.19. The number of benzene rings is 1. The molecule has 0 saturated heterocycles. The van der Waals surface area contributed by atoms with Crippen molar-refractivity contribution in [2.24, 2.45) is 0 Å². The van der Waals surface area contributed by atoms with Crippen molar-refractivity contribution in [2.75, 3.05) is 31.4 Å². The Morgan fingerprint density at radius 3 is 3.11 bits per heavy atom. The molecule has 0 amide bonds. The lowest BCUT2D eigenvalue weighted by atomic mass is 10.2. The van der Waals surface area contributed by atoms with Crippen molar-refractivity contribution in [1.82, 2.24) is 4.98 Å². The second kappa shape index (κ2) is 5.99. The molecular formula is C12H17N3O2S. The van der Waals surface area contributed by atoms with Crippen molar-refractivity contribution in [3.63, 3.8) is 0 Å². The third-order valence-corrected chi connectivity index (χ3v) is 3.54. The summed E-state index contributed by atoms with van der Waals surface area (Å²) in [6.07, 6.45) is 0.613. The van der Waals surface area contributed by atoms with E-state index in [9.17, 15) is 0 Å². The van der Waals surface area contributed by atoms with Crippen molar-refractivity contribution < 1.29 is 9.84 Å². The van der Waals surface area contributed by atoms with Gasteiger partial charge >= 0.3 is 0 Å². The number of nitrogens with zero attached hydrogens (tertiary/aromatic N) is 1. The number of ether oxygens (including phenoxy) is 1. The van der Waals surface area contributed by atoms with Gasteiger partial charge < -0.3 is 20.9 Å². The number of anilines is 2. The highest BCUT2D eigenvalue weighted by molar-refractivity contribution is 7.16. The number of nitrogen functional groups attached to an aromatic ring is 1. The standard InChI is InChI=1S/C12H17N3O2S/c1-17-6-8(4-5-16)15-9-2-3-10-12(11(9)13)14-7-18-10/h2-3,7-8,15-16H,4-6,13H2,1H3. The maximum atomic E-state index is 9.01. The van der Waals surface area contributed by atoms with E-state index in [1.54, 1.807) is 24.0 Å². The van der Waals surface area contributed by atoms with Crippen molar-refractivity contribution >= 4 is 32.9 Å². The molecule has 0 bridgehead atoms. The third kappa shape index (κ3) is 2.72. The molecule has 2 rings (SSSR count). The minimum Gasteiger partial charge on any atom is -0.396 e. The first kappa shape index (κ1) is 13.1. The van der Waals surface area contributed by atoms with Crippen LogP contribution < -0.4 is 11.1 Å². The number of aliphatic hydroxyl groups is 1. The predicted molar refractivity (Wildman–Crippen MR) is 75.0 cm³/mol. The zero-order valence-corrected chi connectivity index (χ0v) is 11.0. The molecule has 18 heavy (non-hydrogen) atoms. The lowest BCUT2D eigenvalue weighted by Crippen LogP contribution is -2.26. The summed E-state index contributed by atoms with van der Waals surface area (Å²) in [6, 6.07) is 3.98. The third-order valence-electron chi connectivity index (χ3n) is 2.75. The highest BCUT2D eigenvalue weighted by Crippen LogP contribution is 2.30. The number of methoxy groups -OCH3 is 1. The number of aromatic nitrogens is 1. The Balaban J connectivity index is 2.21. The van der Waals surface area contributed by atoms with Gasteiger partial charge in [-0.3, -0.25) is 0 Å². The lowest BCUT2D eigenvalue weighted by molar-refractivity contribution is 0.170. The Kier molecular flexibility index (Phi) is 4.35. The molecule has 1 aromatic heterocycles. The molecule has 0 aliphatic carbocycles. The van der Waals surface area contributed by atoms with Crippen molar-refractivity contribution in [1.29, 1.82) is 0 Å². The summed E-state index contributed by atoms with van der Waals surface area (Å²) in [5.41, 5.74) is 10.2. The second-order valence-electron chi connectivity index (χ2n) is 4.03. The van der Waals surface area contributed by atoms with Crippen molar-refractivity contribution in [3.05, 3.63) is 17.6 Å². The van der Waals surface area contributed by atoms with E-state index in [0.29, 0.717) is 18.7 Å².